The number of fused-ring (bicyclic) bond motifs is 1. The molecule has 0 aliphatic carbocycles. The highest BCUT2D eigenvalue weighted by molar-refractivity contribution is 5.78. The van der Waals surface area contributed by atoms with Crippen molar-refractivity contribution in [1.82, 2.24) is 4.98 Å². The molecular formula is C12H15N. The molecule has 0 saturated carbocycles. The van der Waals surface area contributed by atoms with Gasteiger partial charge < -0.3 is 0 Å². The summed E-state index contributed by atoms with van der Waals surface area (Å²) >= 11 is 0. The van der Waals surface area contributed by atoms with Crippen molar-refractivity contribution >= 4 is 10.9 Å². The molecule has 0 unspecified atom stereocenters. The molecule has 1 heteroatoms. The maximum absolute atomic E-state index is 4.24. The fourth-order valence-corrected chi connectivity index (χ4v) is 1.18. The van der Waals surface area contributed by atoms with Crippen LogP contribution in [0.5, 0.6) is 0 Å². The molecule has 0 fully saturated rings. The van der Waals surface area contributed by atoms with E-state index in [1.807, 2.05) is 26.1 Å². The van der Waals surface area contributed by atoms with Gasteiger partial charge in [-0.2, -0.15) is 0 Å². The molecule has 0 amide bonds. The summed E-state index contributed by atoms with van der Waals surface area (Å²) in [6, 6.07) is 10.3. The zero-order valence-electron chi connectivity index (χ0n) is 8.41. The second-order valence-electron chi connectivity index (χ2n) is 2.70. The van der Waals surface area contributed by atoms with Crippen molar-refractivity contribution in [3.63, 3.8) is 0 Å². The molecule has 1 heterocycles. The summed E-state index contributed by atoms with van der Waals surface area (Å²) in [4.78, 5) is 4.24. The maximum Gasteiger partial charge on any atom is 0.0704 e. The van der Waals surface area contributed by atoms with Gasteiger partial charge in [0.25, 0.3) is 0 Å². The lowest BCUT2D eigenvalue weighted by molar-refractivity contribution is 1.39. The number of nitrogens with zero attached hydrogens (tertiary/aromatic N) is 1. The molecule has 0 radical (unpaired) electrons. The van der Waals surface area contributed by atoms with E-state index in [1.165, 1.54) is 10.9 Å². The molecule has 2 rings (SSSR count). The number of aryl methyl sites for hydroxylation is 1. The second-order valence-corrected chi connectivity index (χ2v) is 2.70. The van der Waals surface area contributed by atoms with Gasteiger partial charge in [0.05, 0.1) is 5.52 Å². The molecule has 0 saturated heterocycles. The first-order valence-electron chi connectivity index (χ1n) is 4.68. The Labute approximate surface area is 79.4 Å². The number of hydrogen-bond acceptors (Lipinski definition) is 1. The Kier molecular flexibility index (Phi) is 3.44. The average molecular weight is 173 g/mol. The number of hydrogen-bond donors (Lipinski definition) is 0. The van der Waals surface area contributed by atoms with Gasteiger partial charge in [-0.15, -0.1) is 0 Å². The summed E-state index contributed by atoms with van der Waals surface area (Å²) in [6.45, 7) is 6.08. The lowest BCUT2D eigenvalue weighted by atomic mass is 10.1. The predicted molar refractivity (Wildman–Crippen MR) is 57.8 cm³/mol. The van der Waals surface area contributed by atoms with Gasteiger partial charge in [0, 0.05) is 11.6 Å². The molecule has 2 aromatic rings. The number of benzene rings is 1. The fraction of sp³-hybridized carbons (Fsp3) is 0.250. The average Bonchev–Trinajstić information content (AvgIpc) is 2.21. The van der Waals surface area contributed by atoms with Gasteiger partial charge in [-0.05, 0) is 24.6 Å². The summed E-state index contributed by atoms with van der Waals surface area (Å²) in [5.74, 6) is 0. The molecule has 13 heavy (non-hydrogen) atoms. The van der Waals surface area contributed by atoms with Crippen molar-refractivity contribution in [2.45, 2.75) is 20.8 Å². The van der Waals surface area contributed by atoms with Crippen LogP contribution < -0.4 is 0 Å². The van der Waals surface area contributed by atoms with Crippen molar-refractivity contribution in [1.29, 1.82) is 0 Å². The van der Waals surface area contributed by atoms with Gasteiger partial charge in [-0.3, -0.25) is 4.98 Å². The first-order chi connectivity index (χ1) is 6.36. The summed E-state index contributed by atoms with van der Waals surface area (Å²) < 4.78 is 0. The van der Waals surface area contributed by atoms with Crippen LogP contribution in [0.2, 0.25) is 0 Å². The normalized spacial score (nSPS) is 9.15. The highest BCUT2D eigenvalue weighted by Crippen LogP contribution is 2.11. The third-order valence-corrected chi connectivity index (χ3v) is 1.76. The Morgan fingerprint density at radius 1 is 1.08 bits per heavy atom. The number of pyridine rings is 1. The lowest BCUT2D eigenvalue weighted by Crippen LogP contribution is -1.77. The number of aromatic nitrogens is 1. The SMILES string of the molecule is CC.Cc1ccc2cccnc2c1. The highest BCUT2D eigenvalue weighted by Gasteiger charge is 1.90. The van der Waals surface area contributed by atoms with Crippen LogP contribution in [0.25, 0.3) is 10.9 Å². The van der Waals surface area contributed by atoms with Crippen molar-refractivity contribution in [3.05, 3.63) is 42.1 Å². The lowest BCUT2D eigenvalue weighted by Gasteiger charge is -1.95. The van der Waals surface area contributed by atoms with E-state index in [-0.39, 0.29) is 0 Å². The van der Waals surface area contributed by atoms with Gasteiger partial charge in [0.1, 0.15) is 0 Å². The van der Waals surface area contributed by atoms with E-state index in [0.29, 0.717) is 0 Å². The Morgan fingerprint density at radius 2 is 1.85 bits per heavy atom. The Bertz CT molecular complexity index is 380. The minimum atomic E-state index is 1.08. The monoisotopic (exact) mass is 173 g/mol. The topological polar surface area (TPSA) is 12.9 Å². The first kappa shape index (κ1) is 9.72. The van der Waals surface area contributed by atoms with E-state index in [0.717, 1.165) is 5.52 Å². The minimum Gasteiger partial charge on any atom is -0.256 e. The van der Waals surface area contributed by atoms with Crippen LogP contribution in [-0.4, -0.2) is 4.98 Å². The molecule has 0 N–H and O–H groups in total. The zero-order chi connectivity index (χ0) is 9.68. The molecule has 0 aliphatic heterocycles. The molecule has 68 valence electrons. The molecule has 1 aromatic carbocycles. The van der Waals surface area contributed by atoms with Crippen molar-refractivity contribution in [3.8, 4) is 0 Å². The third-order valence-electron chi connectivity index (χ3n) is 1.76. The van der Waals surface area contributed by atoms with E-state index < -0.39 is 0 Å². The summed E-state index contributed by atoms with van der Waals surface area (Å²) in [5.41, 5.74) is 2.34. The quantitative estimate of drug-likeness (QED) is 0.593. The van der Waals surface area contributed by atoms with E-state index in [9.17, 15) is 0 Å². The largest absolute Gasteiger partial charge is 0.256 e. The van der Waals surface area contributed by atoms with E-state index in [2.05, 4.69) is 36.2 Å². The van der Waals surface area contributed by atoms with Crippen LogP contribution in [-0.2, 0) is 0 Å². The van der Waals surface area contributed by atoms with E-state index >= 15 is 0 Å². The molecule has 0 aliphatic rings. The molecule has 0 bridgehead atoms. The third kappa shape index (κ3) is 2.28. The van der Waals surface area contributed by atoms with Crippen LogP contribution in [0.1, 0.15) is 19.4 Å². The van der Waals surface area contributed by atoms with E-state index in [4.69, 9.17) is 0 Å². The maximum atomic E-state index is 4.24. The van der Waals surface area contributed by atoms with Crippen LogP contribution in [0.4, 0.5) is 0 Å². The Morgan fingerprint density at radius 3 is 2.62 bits per heavy atom. The Balaban J connectivity index is 0.000000396. The molecule has 0 atom stereocenters. The summed E-state index contributed by atoms with van der Waals surface area (Å²) in [6.07, 6.45) is 1.82. The van der Waals surface area contributed by atoms with E-state index in [1.54, 1.807) is 0 Å². The molecule has 1 nitrogen and oxygen atoms in total. The van der Waals surface area contributed by atoms with Gasteiger partial charge in [-0.1, -0.05) is 32.0 Å². The summed E-state index contributed by atoms with van der Waals surface area (Å²) in [5, 5.41) is 1.21. The summed E-state index contributed by atoms with van der Waals surface area (Å²) in [7, 11) is 0. The van der Waals surface area contributed by atoms with Crippen LogP contribution >= 0.6 is 0 Å². The molecule has 0 spiro atoms. The van der Waals surface area contributed by atoms with Crippen LogP contribution in [0.15, 0.2) is 36.5 Å². The predicted octanol–water partition coefficient (Wildman–Crippen LogP) is 3.57. The second kappa shape index (κ2) is 4.61. The van der Waals surface area contributed by atoms with Gasteiger partial charge in [-0.25, -0.2) is 0 Å². The highest BCUT2D eigenvalue weighted by atomic mass is 14.6. The van der Waals surface area contributed by atoms with Gasteiger partial charge in [0.2, 0.25) is 0 Å². The molecular weight excluding hydrogens is 158 g/mol. The van der Waals surface area contributed by atoms with Crippen molar-refractivity contribution in [2.24, 2.45) is 0 Å². The minimum absolute atomic E-state index is 1.08. The zero-order valence-corrected chi connectivity index (χ0v) is 8.41. The van der Waals surface area contributed by atoms with Gasteiger partial charge in [0.15, 0.2) is 0 Å². The fourth-order valence-electron chi connectivity index (χ4n) is 1.18. The van der Waals surface area contributed by atoms with Crippen LogP contribution in [0, 0.1) is 6.92 Å². The van der Waals surface area contributed by atoms with Crippen LogP contribution in [0.3, 0.4) is 0 Å². The number of rotatable bonds is 0. The molecule has 1 aromatic heterocycles. The smallest absolute Gasteiger partial charge is 0.0704 e. The van der Waals surface area contributed by atoms with Gasteiger partial charge >= 0.3 is 0 Å². The Hall–Kier alpha value is -1.37. The van der Waals surface area contributed by atoms with Crippen molar-refractivity contribution in [2.75, 3.05) is 0 Å². The standard InChI is InChI=1S/C10H9N.C2H6/c1-8-4-5-9-3-2-6-11-10(9)7-8;1-2/h2-7H,1H3;1-2H3. The first-order valence-corrected chi connectivity index (χ1v) is 4.68. The van der Waals surface area contributed by atoms with Crippen molar-refractivity contribution < 1.29 is 0 Å².